The zero-order valence-electron chi connectivity index (χ0n) is 8.97. The number of hydrogen-bond acceptors (Lipinski definition) is 2. The second-order valence-electron chi connectivity index (χ2n) is 3.43. The zero-order chi connectivity index (χ0) is 12.1. The predicted molar refractivity (Wildman–Crippen MR) is 62.9 cm³/mol. The van der Waals surface area contributed by atoms with Gasteiger partial charge in [-0.25, -0.2) is 4.39 Å². The average Bonchev–Trinajstić information content (AvgIpc) is 2.25. The van der Waals surface area contributed by atoms with Gasteiger partial charge in [-0.1, -0.05) is 24.6 Å². The lowest BCUT2D eigenvalue weighted by Gasteiger charge is -2.13. The fourth-order valence-electron chi connectivity index (χ4n) is 1.30. The van der Waals surface area contributed by atoms with Crippen LogP contribution in [0.4, 0.5) is 10.1 Å². The van der Waals surface area contributed by atoms with Crippen molar-refractivity contribution in [1.82, 2.24) is 0 Å². The fourth-order valence-corrected chi connectivity index (χ4v) is 1.51. The van der Waals surface area contributed by atoms with Crippen molar-refractivity contribution in [2.45, 2.75) is 13.3 Å². The predicted octanol–water partition coefficient (Wildman–Crippen LogP) is 2.40. The first-order chi connectivity index (χ1) is 7.60. The summed E-state index contributed by atoms with van der Waals surface area (Å²) in [5.74, 6) is -1.18. The van der Waals surface area contributed by atoms with Crippen molar-refractivity contribution in [3.8, 4) is 0 Å². The number of carbonyl (C=O) groups is 1. The van der Waals surface area contributed by atoms with E-state index in [1.165, 1.54) is 18.2 Å². The molecule has 5 heteroatoms. The van der Waals surface area contributed by atoms with E-state index in [4.69, 9.17) is 17.3 Å². The van der Waals surface area contributed by atoms with Gasteiger partial charge < -0.3 is 11.1 Å². The van der Waals surface area contributed by atoms with Crippen LogP contribution in [0.3, 0.4) is 0 Å². The quantitative estimate of drug-likeness (QED) is 0.855. The minimum absolute atomic E-state index is 0.0149. The summed E-state index contributed by atoms with van der Waals surface area (Å²) < 4.78 is 13.4. The third-order valence-electron chi connectivity index (χ3n) is 2.36. The van der Waals surface area contributed by atoms with Crippen molar-refractivity contribution < 1.29 is 9.18 Å². The second kappa shape index (κ2) is 5.82. The van der Waals surface area contributed by atoms with E-state index in [1.807, 2.05) is 6.92 Å². The van der Waals surface area contributed by atoms with Crippen molar-refractivity contribution in [1.29, 1.82) is 0 Å². The molecule has 0 aliphatic carbocycles. The van der Waals surface area contributed by atoms with Crippen molar-refractivity contribution in [2.75, 3.05) is 11.9 Å². The first kappa shape index (κ1) is 12.9. The van der Waals surface area contributed by atoms with Crippen LogP contribution in [0, 0.1) is 11.7 Å². The molecule has 1 aromatic carbocycles. The molecule has 88 valence electrons. The zero-order valence-corrected chi connectivity index (χ0v) is 9.72. The molecule has 16 heavy (non-hydrogen) atoms. The molecule has 1 aromatic rings. The topological polar surface area (TPSA) is 55.1 Å². The number of carbonyl (C=O) groups excluding carboxylic acids is 1. The molecule has 0 aromatic heterocycles. The van der Waals surface area contributed by atoms with Gasteiger partial charge in [0.1, 0.15) is 5.82 Å². The highest BCUT2D eigenvalue weighted by Crippen LogP contribution is 2.25. The SMILES string of the molecule is CCC(CN)C(=O)Nc1c(F)cccc1Cl. The van der Waals surface area contributed by atoms with Crippen molar-refractivity contribution in [3.05, 3.63) is 29.0 Å². The Labute approximate surface area is 98.8 Å². The largest absolute Gasteiger partial charge is 0.330 e. The highest BCUT2D eigenvalue weighted by Gasteiger charge is 2.17. The molecule has 0 radical (unpaired) electrons. The van der Waals surface area contributed by atoms with E-state index in [0.29, 0.717) is 6.42 Å². The number of rotatable bonds is 4. The summed E-state index contributed by atoms with van der Waals surface area (Å²) in [6.07, 6.45) is 0.606. The van der Waals surface area contributed by atoms with E-state index in [2.05, 4.69) is 5.32 Å². The van der Waals surface area contributed by atoms with Crippen molar-refractivity contribution in [2.24, 2.45) is 11.7 Å². The minimum atomic E-state index is -0.548. The summed E-state index contributed by atoms with van der Waals surface area (Å²) in [6, 6.07) is 4.24. The van der Waals surface area contributed by atoms with E-state index < -0.39 is 5.82 Å². The maximum absolute atomic E-state index is 13.4. The molecule has 3 N–H and O–H groups in total. The van der Waals surface area contributed by atoms with E-state index in [-0.39, 0.29) is 29.1 Å². The lowest BCUT2D eigenvalue weighted by atomic mass is 10.1. The number of nitrogens with one attached hydrogen (secondary N) is 1. The molecule has 3 nitrogen and oxygen atoms in total. The van der Waals surface area contributed by atoms with Gasteiger partial charge in [0.15, 0.2) is 0 Å². The van der Waals surface area contributed by atoms with Gasteiger partial charge in [0.2, 0.25) is 5.91 Å². The summed E-state index contributed by atoms with van der Waals surface area (Å²) >= 11 is 5.78. The van der Waals surface area contributed by atoms with E-state index >= 15 is 0 Å². The Hall–Kier alpha value is -1.13. The van der Waals surface area contributed by atoms with Crippen LogP contribution in [0.25, 0.3) is 0 Å². The summed E-state index contributed by atoms with van der Waals surface area (Å²) in [4.78, 5) is 11.7. The average molecular weight is 245 g/mol. The Balaban J connectivity index is 2.84. The lowest BCUT2D eigenvalue weighted by molar-refractivity contribution is -0.119. The van der Waals surface area contributed by atoms with Crippen molar-refractivity contribution in [3.63, 3.8) is 0 Å². The molecule has 0 heterocycles. The highest BCUT2D eigenvalue weighted by atomic mass is 35.5. The van der Waals surface area contributed by atoms with Crippen LogP contribution in [-0.4, -0.2) is 12.5 Å². The molecular weight excluding hydrogens is 231 g/mol. The maximum Gasteiger partial charge on any atom is 0.228 e. The molecule has 0 saturated carbocycles. The van der Waals surface area contributed by atoms with Crippen LogP contribution >= 0.6 is 11.6 Å². The molecule has 1 unspecified atom stereocenters. The van der Waals surface area contributed by atoms with Crippen LogP contribution in [0.15, 0.2) is 18.2 Å². The van der Waals surface area contributed by atoms with Gasteiger partial charge in [0.25, 0.3) is 0 Å². The first-order valence-corrected chi connectivity index (χ1v) is 5.42. The second-order valence-corrected chi connectivity index (χ2v) is 3.83. The fraction of sp³-hybridized carbons (Fsp3) is 0.364. The maximum atomic E-state index is 13.4. The van der Waals surface area contributed by atoms with Crippen molar-refractivity contribution >= 4 is 23.2 Å². The van der Waals surface area contributed by atoms with Crippen LogP contribution < -0.4 is 11.1 Å². The molecule has 0 saturated heterocycles. The Kier molecular flexibility index (Phi) is 4.71. The number of hydrogen-bond donors (Lipinski definition) is 2. The van der Waals surface area contributed by atoms with Gasteiger partial charge in [0.05, 0.1) is 16.6 Å². The number of para-hydroxylation sites is 1. The van der Waals surface area contributed by atoms with Crippen LogP contribution in [0.2, 0.25) is 5.02 Å². The summed E-state index contributed by atoms with van der Waals surface area (Å²) in [5.41, 5.74) is 5.44. The Bertz CT molecular complexity index is 360. The first-order valence-electron chi connectivity index (χ1n) is 5.05. The highest BCUT2D eigenvalue weighted by molar-refractivity contribution is 6.33. The number of nitrogens with two attached hydrogens (primary N) is 1. The molecule has 0 fully saturated rings. The Morgan fingerprint density at radius 1 is 1.62 bits per heavy atom. The molecule has 1 amide bonds. The smallest absolute Gasteiger partial charge is 0.228 e. The van der Waals surface area contributed by atoms with Gasteiger partial charge in [-0.15, -0.1) is 0 Å². The van der Waals surface area contributed by atoms with Gasteiger partial charge in [-0.05, 0) is 18.6 Å². The van der Waals surface area contributed by atoms with E-state index in [9.17, 15) is 9.18 Å². The molecule has 1 rings (SSSR count). The normalized spacial score (nSPS) is 12.2. The van der Waals surface area contributed by atoms with E-state index in [1.54, 1.807) is 0 Å². The van der Waals surface area contributed by atoms with Crippen LogP contribution in [0.1, 0.15) is 13.3 Å². The standard InChI is InChI=1S/C11H14ClFN2O/c1-2-7(6-14)11(16)15-10-8(12)4-3-5-9(10)13/h3-5,7H,2,6,14H2,1H3,(H,15,16). The molecule has 0 aliphatic rings. The summed E-state index contributed by atoms with van der Waals surface area (Å²) in [5, 5.41) is 2.64. The van der Waals surface area contributed by atoms with Gasteiger partial charge in [-0.2, -0.15) is 0 Å². The van der Waals surface area contributed by atoms with Gasteiger partial charge >= 0.3 is 0 Å². The van der Waals surface area contributed by atoms with E-state index in [0.717, 1.165) is 0 Å². The molecule has 1 atom stereocenters. The number of benzene rings is 1. The number of anilines is 1. The molecule has 0 aliphatic heterocycles. The lowest BCUT2D eigenvalue weighted by Crippen LogP contribution is -2.29. The number of halogens is 2. The molecule has 0 bridgehead atoms. The summed E-state index contributed by atoms with van der Waals surface area (Å²) in [6.45, 7) is 2.08. The third-order valence-corrected chi connectivity index (χ3v) is 2.67. The minimum Gasteiger partial charge on any atom is -0.330 e. The van der Waals surface area contributed by atoms with Gasteiger partial charge in [-0.3, -0.25) is 4.79 Å². The monoisotopic (exact) mass is 244 g/mol. The third kappa shape index (κ3) is 2.93. The Morgan fingerprint density at radius 3 is 2.81 bits per heavy atom. The van der Waals surface area contributed by atoms with Crippen LogP contribution in [0.5, 0.6) is 0 Å². The number of amides is 1. The summed E-state index contributed by atoms with van der Waals surface area (Å²) in [7, 11) is 0. The van der Waals surface area contributed by atoms with Gasteiger partial charge in [0, 0.05) is 6.54 Å². The molecule has 0 spiro atoms. The molecular formula is C11H14ClFN2O. The Morgan fingerprint density at radius 2 is 2.31 bits per heavy atom. The van der Waals surface area contributed by atoms with Crippen LogP contribution in [-0.2, 0) is 4.79 Å².